The summed E-state index contributed by atoms with van der Waals surface area (Å²) in [6.45, 7) is 6.63. The summed E-state index contributed by atoms with van der Waals surface area (Å²) in [5.41, 5.74) is 0. The predicted molar refractivity (Wildman–Crippen MR) is 46.6 cm³/mol. The molecular formula is C9H10O4. The van der Waals surface area contributed by atoms with E-state index in [9.17, 15) is 9.59 Å². The van der Waals surface area contributed by atoms with Crippen LogP contribution in [-0.2, 0) is 19.1 Å². The van der Waals surface area contributed by atoms with Crippen LogP contribution in [0.4, 0.5) is 0 Å². The molecule has 0 aliphatic heterocycles. The van der Waals surface area contributed by atoms with E-state index < -0.39 is 11.9 Å². The molecule has 0 radical (unpaired) electrons. The lowest BCUT2D eigenvalue weighted by molar-refractivity contribution is -0.137. The van der Waals surface area contributed by atoms with E-state index >= 15 is 0 Å². The molecule has 4 nitrogen and oxygen atoms in total. The third kappa shape index (κ3) is 6.55. The maximum absolute atomic E-state index is 10.7. The van der Waals surface area contributed by atoms with E-state index in [-0.39, 0.29) is 6.61 Å². The van der Waals surface area contributed by atoms with Crippen LogP contribution < -0.4 is 0 Å². The number of ether oxygens (including phenoxy) is 2. The van der Waals surface area contributed by atoms with Crippen LogP contribution in [0.15, 0.2) is 37.6 Å². The zero-order valence-corrected chi connectivity index (χ0v) is 7.06. The molecule has 13 heavy (non-hydrogen) atoms. The maximum Gasteiger partial charge on any atom is 0.335 e. The second-order valence-corrected chi connectivity index (χ2v) is 1.86. The van der Waals surface area contributed by atoms with Crippen molar-refractivity contribution in [2.75, 3.05) is 6.61 Å². The highest BCUT2D eigenvalue weighted by molar-refractivity contribution is 5.91. The minimum Gasteiger partial charge on any atom is -0.458 e. The van der Waals surface area contributed by atoms with Gasteiger partial charge in [-0.15, -0.1) is 0 Å². The minimum atomic E-state index is -0.675. The average Bonchev–Trinajstić information content (AvgIpc) is 2.12. The summed E-state index contributed by atoms with van der Waals surface area (Å²) < 4.78 is 8.85. The summed E-state index contributed by atoms with van der Waals surface area (Å²) in [5.74, 6) is -1.30. The number of hydrogen-bond donors (Lipinski definition) is 0. The Labute approximate surface area is 76.1 Å². The highest BCUT2D eigenvalue weighted by atomic mass is 16.5. The van der Waals surface area contributed by atoms with Gasteiger partial charge in [-0.25, -0.2) is 9.59 Å². The molecule has 0 aliphatic carbocycles. The molecular weight excluding hydrogens is 172 g/mol. The van der Waals surface area contributed by atoms with Gasteiger partial charge in [-0.3, -0.25) is 0 Å². The van der Waals surface area contributed by atoms with Crippen LogP contribution in [0.2, 0.25) is 0 Å². The second kappa shape index (κ2) is 6.84. The van der Waals surface area contributed by atoms with Gasteiger partial charge in [0.25, 0.3) is 0 Å². The van der Waals surface area contributed by atoms with Crippen molar-refractivity contribution >= 4 is 11.9 Å². The first kappa shape index (κ1) is 11.2. The van der Waals surface area contributed by atoms with Crippen LogP contribution in [0.25, 0.3) is 0 Å². The molecule has 0 amide bonds. The Kier molecular flexibility index (Phi) is 5.88. The topological polar surface area (TPSA) is 52.6 Å². The highest BCUT2D eigenvalue weighted by Crippen LogP contribution is 1.85. The number of carbonyl (C=O) groups is 2. The average molecular weight is 182 g/mol. The molecule has 0 aromatic heterocycles. The van der Waals surface area contributed by atoms with Crippen molar-refractivity contribution in [1.29, 1.82) is 0 Å². The molecule has 0 saturated heterocycles. The summed E-state index contributed by atoms with van der Waals surface area (Å²) in [6.07, 6.45) is 4.32. The van der Waals surface area contributed by atoms with Crippen LogP contribution in [0, 0.1) is 0 Å². The van der Waals surface area contributed by atoms with Crippen LogP contribution in [0.3, 0.4) is 0 Å². The first-order valence-electron chi connectivity index (χ1n) is 3.48. The number of esters is 2. The highest BCUT2D eigenvalue weighted by Gasteiger charge is 1.97. The van der Waals surface area contributed by atoms with E-state index in [1.165, 1.54) is 6.08 Å². The van der Waals surface area contributed by atoms with Crippen molar-refractivity contribution in [1.82, 2.24) is 0 Å². The minimum absolute atomic E-state index is 0.111. The van der Waals surface area contributed by atoms with Gasteiger partial charge in [-0.2, -0.15) is 0 Å². The first-order chi connectivity index (χ1) is 6.20. The van der Waals surface area contributed by atoms with E-state index in [4.69, 9.17) is 0 Å². The van der Waals surface area contributed by atoms with E-state index in [1.807, 2.05) is 0 Å². The van der Waals surface area contributed by atoms with Crippen molar-refractivity contribution in [3.63, 3.8) is 0 Å². The Morgan fingerprint density at radius 2 is 1.77 bits per heavy atom. The van der Waals surface area contributed by atoms with Gasteiger partial charge in [0.1, 0.15) is 6.61 Å². The zero-order valence-electron chi connectivity index (χ0n) is 7.06. The SMILES string of the molecule is C=CCOC(=O)C=CC(=O)OC=C. The summed E-state index contributed by atoms with van der Waals surface area (Å²) in [4.78, 5) is 21.3. The van der Waals surface area contributed by atoms with E-state index in [0.29, 0.717) is 0 Å². The summed E-state index contributed by atoms with van der Waals surface area (Å²) in [5, 5.41) is 0. The molecule has 0 saturated carbocycles. The van der Waals surface area contributed by atoms with Crippen LogP contribution >= 0.6 is 0 Å². The molecule has 0 fully saturated rings. The molecule has 0 N–H and O–H groups in total. The number of rotatable bonds is 5. The Morgan fingerprint density at radius 1 is 1.15 bits per heavy atom. The predicted octanol–water partition coefficient (Wildman–Crippen LogP) is 0.958. The van der Waals surface area contributed by atoms with Gasteiger partial charge in [0, 0.05) is 12.2 Å². The fraction of sp³-hybridized carbons (Fsp3) is 0.111. The van der Waals surface area contributed by atoms with Gasteiger partial charge < -0.3 is 9.47 Å². The Morgan fingerprint density at radius 3 is 2.31 bits per heavy atom. The summed E-state index contributed by atoms with van der Waals surface area (Å²) in [6, 6.07) is 0. The fourth-order valence-corrected chi connectivity index (χ4v) is 0.447. The lowest BCUT2D eigenvalue weighted by Crippen LogP contribution is -2.02. The smallest absolute Gasteiger partial charge is 0.335 e. The fourth-order valence-electron chi connectivity index (χ4n) is 0.447. The Hall–Kier alpha value is -1.84. The molecule has 4 heteroatoms. The molecule has 70 valence electrons. The molecule has 0 aromatic rings. The van der Waals surface area contributed by atoms with Gasteiger partial charge in [0.05, 0.1) is 6.26 Å². The van der Waals surface area contributed by atoms with Gasteiger partial charge >= 0.3 is 11.9 Å². The van der Waals surface area contributed by atoms with E-state index in [1.54, 1.807) is 0 Å². The molecule has 0 atom stereocenters. The van der Waals surface area contributed by atoms with Gasteiger partial charge in [0.15, 0.2) is 0 Å². The number of hydrogen-bond acceptors (Lipinski definition) is 4. The van der Waals surface area contributed by atoms with Crippen molar-refractivity contribution in [3.8, 4) is 0 Å². The van der Waals surface area contributed by atoms with Crippen LogP contribution in [-0.4, -0.2) is 18.5 Å². The third-order valence-corrected chi connectivity index (χ3v) is 0.898. The molecule has 0 heterocycles. The van der Waals surface area contributed by atoms with Crippen molar-refractivity contribution < 1.29 is 19.1 Å². The third-order valence-electron chi connectivity index (χ3n) is 0.898. The summed E-state index contributed by atoms with van der Waals surface area (Å²) in [7, 11) is 0. The lowest BCUT2D eigenvalue weighted by Gasteiger charge is -1.94. The Balaban J connectivity index is 3.82. The molecule has 0 bridgehead atoms. The normalized spacial score (nSPS) is 9.23. The largest absolute Gasteiger partial charge is 0.458 e. The lowest BCUT2D eigenvalue weighted by atomic mass is 10.5. The summed E-state index contributed by atoms with van der Waals surface area (Å²) >= 11 is 0. The molecule has 0 rings (SSSR count). The van der Waals surface area contributed by atoms with Gasteiger partial charge in [-0.1, -0.05) is 19.2 Å². The van der Waals surface area contributed by atoms with E-state index in [2.05, 4.69) is 22.6 Å². The molecule has 0 aromatic carbocycles. The molecule has 0 aliphatic rings. The van der Waals surface area contributed by atoms with Crippen LogP contribution in [0.1, 0.15) is 0 Å². The second-order valence-electron chi connectivity index (χ2n) is 1.86. The van der Waals surface area contributed by atoms with Crippen molar-refractivity contribution in [2.24, 2.45) is 0 Å². The monoisotopic (exact) mass is 182 g/mol. The van der Waals surface area contributed by atoms with Crippen LogP contribution in [0.5, 0.6) is 0 Å². The number of carbonyl (C=O) groups excluding carboxylic acids is 2. The zero-order chi connectivity index (χ0) is 10.1. The van der Waals surface area contributed by atoms with Gasteiger partial charge in [-0.05, 0) is 0 Å². The molecule has 0 unspecified atom stereocenters. The van der Waals surface area contributed by atoms with Crippen molar-refractivity contribution in [2.45, 2.75) is 0 Å². The Bertz CT molecular complexity index is 240. The molecule has 0 spiro atoms. The maximum atomic E-state index is 10.7. The van der Waals surface area contributed by atoms with Gasteiger partial charge in [0.2, 0.25) is 0 Å². The van der Waals surface area contributed by atoms with E-state index in [0.717, 1.165) is 18.4 Å². The van der Waals surface area contributed by atoms with Crippen molar-refractivity contribution in [3.05, 3.63) is 37.6 Å². The first-order valence-corrected chi connectivity index (χ1v) is 3.48. The standard InChI is InChI=1S/C9H10O4/c1-3-7-13-9(11)6-5-8(10)12-4-2/h3-6H,1-2,7H2. The quantitative estimate of drug-likeness (QED) is 0.275.